The smallest absolute Gasteiger partial charge is 0.347 e. The molecule has 110 valence electrons. The van der Waals surface area contributed by atoms with E-state index in [-0.39, 0.29) is 11.1 Å². The molecule has 0 unspecified atom stereocenters. The number of nitrogens with zero attached hydrogens (tertiary/aromatic N) is 1. The first-order valence-electron chi connectivity index (χ1n) is 6.37. The molecular formula is C13H16F3N3O. The number of amides is 1. The molecule has 0 radical (unpaired) electrons. The van der Waals surface area contributed by atoms with E-state index >= 15 is 0 Å². The van der Waals surface area contributed by atoms with Crippen molar-refractivity contribution < 1.29 is 18.0 Å². The van der Waals surface area contributed by atoms with E-state index in [0.29, 0.717) is 0 Å². The van der Waals surface area contributed by atoms with Crippen LogP contribution in [0.4, 0.5) is 13.2 Å². The average Bonchev–Trinajstić information content (AvgIpc) is 2.38. The molecule has 1 aliphatic rings. The van der Waals surface area contributed by atoms with Crippen LogP contribution in [-0.2, 0) is 6.18 Å². The molecule has 0 bridgehead atoms. The second-order valence-corrected chi connectivity index (χ2v) is 5.19. The fraction of sp³-hybridized carbons (Fsp3) is 0.538. The van der Waals surface area contributed by atoms with Gasteiger partial charge in [-0.05, 0) is 45.0 Å². The van der Waals surface area contributed by atoms with E-state index in [1.165, 1.54) is 0 Å². The Kier molecular flexibility index (Phi) is 3.99. The lowest BCUT2D eigenvalue weighted by Gasteiger charge is -2.35. The van der Waals surface area contributed by atoms with E-state index in [1.807, 2.05) is 6.92 Å². The van der Waals surface area contributed by atoms with Crippen LogP contribution >= 0.6 is 0 Å². The zero-order valence-electron chi connectivity index (χ0n) is 11.0. The molecule has 1 aliphatic heterocycles. The summed E-state index contributed by atoms with van der Waals surface area (Å²) in [6, 6.07) is 1.97. The van der Waals surface area contributed by atoms with Gasteiger partial charge in [-0.25, -0.2) is 0 Å². The number of hydrogen-bond donors (Lipinski definition) is 2. The van der Waals surface area contributed by atoms with E-state index in [4.69, 9.17) is 0 Å². The molecule has 1 saturated heterocycles. The maximum absolute atomic E-state index is 12.4. The molecular weight excluding hydrogens is 271 g/mol. The van der Waals surface area contributed by atoms with E-state index in [1.54, 1.807) is 0 Å². The van der Waals surface area contributed by atoms with E-state index in [0.717, 1.165) is 44.3 Å². The summed E-state index contributed by atoms with van der Waals surface area (Å²) in [6.45, 7) is 3.55. The predicted molar refractivity (Wildman–Crippen MR) is 67.2 cm³/mol. The van der Waals surface area contributed by atoms with Crippen molar-refractivity contribution in [3.05, 3.63) is 29.6 Å². The highest BCUT2D eigenvalue weighted by molar-refractivity contribution is 5.94. The van der Waals surface area contributed by atoms with Gasteiger partial charge in [-0.3, -0.25) is 9.78 Å². The van der Waals surface area contributed by atoms with Crippen LogP contribution in [0.5, 0.6) is 0 Å². The number of nitrogens with one attached hydrogen (secondary N) is 2. The monoisotopic (exact) mass is 287 g/mol. The molecule has 0 aliphatic carbocycles. The molecule has 2 rings (SSSR count). The third kappa shape index (κ3) is 3.47. The minimum absolute atomic E-state index is 0.137. The van der Waals surface area contributed by atoms with Crippen molar-refractivity contribution in [2.24, 2.45) is 0 Å². The number of carbonyl (C=O) groups excluding carboxylic acids is 1. The average molecular weight is 287 g/mol. The highest BCUT2D eigenvalue weighted by atomic mass is 19.4. The summed E-state index contributed by atoms with van der Waals surface area (Å²) in [5, 5.41) is 6.06. The molecule has 7 heteroatoms. The highest BCUT2D eigenvalue weighted by Crippen LogP contribution is 2.27. The van der Waals surface area contributed by atoms with Crippen molar-refractivity contribution >= 4 is 5.91 Å². The normalized spacial score (nSPS) is 18.6. The van der Waals surface area contributed by atoms with Gasteiger partial charge in [0.2, 0.25) is 0 Å². The Balaban J connectivity index is 2.06. The van der Waals surface area contributed by atoms with Crippen molar-refractivity contribution in [3.8, 4) is 0 Å². The number of piperidine rings is 1. The van der Waals surface area contributed by atoms with Crippen LogP contribution in [-0.4, -0.2) is 29.5 Å². The van der Waals surface area contributed by atoms with Gasteiger partial charge in [0.05, 0.1) is 5.56 Å². The van der Waals surface area contributed by atoms with E-state index < -0.39 is 17.8 Å². The lowest BCUT2D eigenvalue weighted by atomic mass is 9.90. The van der Waals surface area contributed by atoms with Crippen LogP contribution in [0.2, 0.25) is 0 Å². The summed E-state index contributed by atoms with van der Waals surface area (Å²) in [5.41, 5.74) is -1.19. The van der Waals surface area contributed by atoms with Crippen molar-refractivity contribution in [2.75, 3.05) is 13.1 Å². The Morgan fingerprint density at radius 1 is 1.35 bits per heavy atom. The second-order valence-electron chi connectivity index (χ2n) is 5.19. The summed E-state index contributed by atoms with van der Waals surface area (Å²) in [4.78, 5) is 15.3. The number of carbonyl (C=O) groups is 1. The van der Waals surface area contributed by atoms with Gasteiger partial charge in [-0.2, -0.15) is 13.2 Å². The molecule has 1 amide bonds. The molecule has 1 fully saturated rings. The third-order valence-corrected chi connectivity index (χ3v) is 3.44. The van der Waals surface area contributed by atoms with Crippen LogP contribution in [0, 0.1) is 0 Å². The Bertz CT molecular complexity index is 479. The maximum Gasteiger partial charge on any atom is 0.433 e. The van der Waals surface area contributed by atoms with Gasteiger partial charge in [0, 0.05) is 11.7 Å². The lowest BCUT2D eigenvalue weighted by Crippen LogP contribution is -2.52. The predicted octanol–water partition coefficient (Wildman–Crippen LogP) is 1.97. The van der Waals surface area contributed by atoms with Gasteiger partial charge in [-0.15, -0.1) is 0 Å². The molecule has 0 atom stereocenters. The first-order chi connectivity index (χ1) is 9.30. The molecule has 20 heavy (non-hydrogen) atoms. The first kappa shape index (κ1) is 14.8. The maximum atomic E-state index is 12.4. The minimum atomic E-state index is -4.49. The van der Waals surface area contributed by atoms with Crippen LogP contribution in [0.25, 0.3) is 0 Å². The van der Waals surface area contributed by atoms with Gasteiger partial charge in [0.25, 0.3) is 5.91 Å². The van der Waals surface area contributed by atoms with Crippen LogP contribution in [0.1, 0.15) is 35.8 Å². The Morgan fingerprint density at radius 2 is 2.00 bits per heavy atom. The van der Waals surface area contributed by atoms with Crippen molar-refractivity contribution in [2.45, 2.75) is 31.5 Å². The lowest BCUT2D eigenvalue weighted by molar-refractivity contribution is -0.141. The standard InChI is InChI=1S/C13H16F3N3O/c1-12(4-6-17-7-5-12)19-11(20)9-2-3-10(18-8-9)13(14,15)16/h2-3,8,17H,4-7H2,1H3,(H,19,20). The Morgan fingerprint density at radius 3 is 2.50 bits per heavy atom. The van der Waals surface area contributed by atoms with Crippen LogP contribution < -0.4 is 10.6 Å². The summed E-state index contributed by atoms with van der Waals surface area (Å²) in [5.74, 6) is -0.393. The highest BCUT2D eigenvalue weighted by Gasteiger charge is 2.33. The van der Waals surface area contributed by atoms with Gasteiger partial charge < -0.3 is 10.6 Å². The molecule has 0 saturated carbocycles. The first-order valence-corrected chi connectivity index (χ1v) is 6.37. The van der Waals surface area contributed by atoms with E-state index in [9.17, 15) is 18.0 Å². The molecule has 1 aromatic heterocycles. The van der Waals surface area contributed by atoms with Gasteiger partial charge in [0.15, 0.2) is 0 Å². The van der Waals surface area contributed by atoms with Crippen LogP contribution in [0.3, 0.4) is 0 Å². The molecule has 0 aromatic carbocycles. The Labute approximate surface area is 114 Å². The number of halogens is 3. The summed E-state index contributed by atoms with van der Waals surface area (Å²) in [7, 11) is 0. The molecule has 1 aromatic rings. The zero-order chi connectivity index (χ0) is 14.8. The summed E-state index contributed by atoms with van der Waals surface area (Å²) < 4.78 is 37.2. The molecule has 0 spiro atoms. The summed E-state index contributed by atoms with van der Waals surface area (Å²) in [6.07, 6.45) is -1.96. The largest absolute Gasteiger partial charge is 0.433 e. The molecule has 4 nitrogen and oxygen atoms in total. The second kappa shape index (κ2) is 5.40. The number of pyridine rings is 1. The van der Waals surface area contributed by atoms with E-state index in [2.05, 4.69) is 15.6 Å². The molecule has 2 N–H and O–H groups in total. The summed E-state index contributed by atoms with van der Waals surface area (Å²) >= 11 is 0. The number of hydrogen-bond acceptors (Lipinski definition) is 3. The SMILES string of the molecule is CC1(NC(=O)c2ccc(C(F)(F)F)nc2)CCNCC1. The third-order valence-electron chi connectivity index (χ3n) is 3.44. The quantitative estimate of drug-likeness (QED) is 0.874. The fourth-order valence-electron chi connectivity index (χ4n) is 2.15. The minimum Gasteiger partial charge on any atom is -0.347 e. The van der Waals surface area contributed by atoms with Crippen molar-refractivity contribution in [3.63, 3.8) is 0 Å². The van der Waals surface area contributed by atoms with Gasteiger partial charge in [0.1, 0.15) is 5.69 Å². The molecule has 2 heterocycles. The topological polar surface area (TPSA) is 54.0 Å². The Hall–Kier alpha value is -1.63. The van der Waals surface area contributed by atoms with Gasteiger partial charge in [-0.1, -0.05) is 0 Å². The van der Waals surface area contributed by atoms with Crippen molar-refractivity contribution in [1.82, 2.24) is 15.6 Å². The number of alkyl halides is 3. The van der Waals surface area contributed by atoms with Crippen molar-refractivity contribution in [1.29, 1.82) is 0 Å². The van der Waals surface area contributed by atoms with Gasteiger partial charge >= 0.3 is 6.18 Å². The zero-order valence-corrected chi connectivity index (χ0v) is 11.0. The number of rotatable bonds is 2. The van der Waals surface area contributed by atoms with Crippen LogP contribution in [0.15, 0.2) is 18.3 Å². The number of aromatic nitrogens is 1. The fourth-order valence-corrected chi connectivity index (χ4v) is 2.15.